The summed E-state index contributed by atoms with van der Waals surface area (Å²) in [7, 11) is 0. The van der Waals surface area contributed by atoms with Crippen LogP contribution in [0.25, 0.3) is 0 Å². The third kappa shape index (κ3) is 3.28. The molecule has 1 aromatic heterocycles. The Morgan fingerprint density at radius 1 is 1.21 bits per heavy atom. The maximum absolute atomic E-state index is 10.7. The number of hydrogen-bond acceptors (Lipinski definition) is 4. The van der Waals surface area contributed by atoms with Gasteiger partial charge in [0.25, 0.3) is 0 Å². The number of anilines is 1. The quantitative estimate of drug-likeness (QED) is 0.880. The van der Waals surface area contributed by atoms with Gasteiger partial charge in [-0.15, -0.1) is 0 Å². The number of carboxylic acid groups (broad SMARTS) is 1. The summed E-state index contributed by atoms with van der Waals surface area (Å²) in [6, 6.07) is 8.27. The summed E-state index contributed by atoms with van der Waals surface area (Å²) in [5, 5.41) is 11.9. The SMILES string of the molecule is Cc1ccc(C(C)Nc2cnc(C(=O)O)cn2)cc1. The first-order chi connectivity index (χ1) is 9.06. The van der Waals surface area contributed by atoms with Gasteiger partial charge in [-0.05, 0) is 19.4 Å². The van der Waals surface area contributed by atoms with Gasteiger partial charge in [0, 0.05) is 6.04 Å². The fraction of sp³-hybridized carbons (Fsp3) is 0.214. The first-order valence-electron chi connectivity index (χ1n) is 5.94. The van der Waals surface area contributed by atoms with E-state index in [9.17, 15) is 4.79 Å². The molecule has 5 nitrogen and oxygen atoms in total. The van der Waals surface area contributed by atoms with Gasteiger partial charge in [0.05, 0.1) is 12.4 Å². The summed E-state index contributed by atoms with van der Waals surface area (Å²) in [6.45, 7) is 4.05. The summed E-state index contributed by atoms with van der Waals surface area (Å²) in [5.41, 5.74) is 2.28. The minimum atomic E-state index is -1.08. The topological polar surface area (TPSA) is 75.1 Å². The Kier molecular flexibility index (Phi) is 3.75. The highest BCUT2D eigenvalue weighted by atomic mass is 16.4. The fourth-order valence-corrected chi connectivity index (χ4v) is 1.67. The van der Waals surface area contributed by atoms with E-state index in [4.69, 9.17) is 5.11 Å². The van der Waals surface area contributed by atoms with Gasteiger partial charge in [0.1, 0.15) is 5.82 Å². The number of rotatable bonds is 4. The van der Waals surface area contributed by atoms with Crippen LogP contribution in [0, 0.1) is 6.92 Å². The third-order valence-electron chi connectivity index (χ3n) is 2.81. The maximum atomic E-state index is 10.7. The molecule has 2 N–H and O–H groups in total. The highest BCUT2D eigenvalue weighted by Crippen LogP contribution is 2.17. The first-order valence-corrected chi connectivity index (χ1v) is 5.94. The molecule has 0 amide bonds. The van der Waals surface area contributed by atoms with Crippen LogP contribution in [0.3, 0.4) is 0 Å². The smallest absolute Gasteiger partial charge is 0.356 e. The van der Waals surface area contributed by atoms with Crippen molar-refractivity contribution in [3.63, 3.8) is 0 Å². The average Bonchev–Trinajstić information content (AvgIpc) is 2.40. The number of aromatic carboxylic acids is 1. The normalized spacial score (nSPS) is 11.9. The van der Waals surface area contributed by atoms with Crippen molar-refractivity contribution < 1.29 is 9.90 Å². The van der Waals surface area contributed by atoms with Gasteiger partial charge in [-0.2, -0.15) is 0 Å². The average molecular weight is 257 g/mol. The van der Waals surface area contributed by atoms with E-state index in [0.29, 0.717) is 5.82 Å². The minimum absolute atomic E-state index is 0.0615. The summed E-state index contributed by atoms with van der Waals surface area (Å²) in [5.74, 6) is -0.524. The number of hydrogen-bond donors (Lipinski definition) is 2. The van der Waals surface area contributed by atoms with E-state index in [1.165, 1.54) is 18.0 Å². The lowest BCUT2D eigenvalue weighted by Crippen LogP contribution is -2.09. The van der Waals surface area contributed by atoms with E-state index in [-0.39, 0.29) is 11.7 Å². The van der Waals surface area contributed by atoms with E-state index in [1.807, 2.05) is 38.1 Å². The standard InChI is InChI=1S/C14H15N3O2/c1-9-3-5-11(6-4-9)10(2)17-13-8-15-12(7-16-13)14(18)19/h3-8,10H,1-2H3,(H,16,17)(H,18,19). The van der Waals surface area contributed by atoms with Crippen molar-refractivity contribution in [2.45, 2.75) is 19.9 Å². The van der Waals surface area contributed by atoms with Crippen LogP contribution in [0.2, 0.25) is 0 Å². The highest BCUT2D eigenvalue weighted by Gasteiger charge is 2.08. The molecule has 0 saturated heterocycles. The zero-order chi connectivity index (χ0) is 13.8. The molecule has 0 aliphatic carbocycles. The van der Waals surface area contributed by atoms with Crippen LogP contribution in [0.15, 0.2) is 36.7 Å². The van der Waals surface area contributed by atoms with E-state index in [1.54, 1.807) is 0 Å². The van der Waals surface area contributed by atoms with Crippen LogP contribution in [-0.4, -0.2) is 21.0 Å². The molecule has 2 rings (SSSR count). The van der Waals surface area contributed by atoms with E-state index in [0.717, 1.165) is 5.56 Å². The molecule has 1 unspecified atom stereocenters. The molecule has 2 aromatic rings. The van der Waals surface area contributed by atoms with Crippen molar-refractivity contribution in [1.82, 2.24) is 9.97 Å². The molecular weight excluding hydrogens is 242 g/mol. The molecular formula is C14H15N3O2. The van der Waals surface area contributed by atoms with E-state index < -0.39 is 5.97 Å². The van der Waals surface area contributed by atoms with E-state index >= 15 is 0 Å². The number of carboxylic acids is 1. The Hall–Kier alpha value is -2.43. The lowest BCUT2D eigenvalue weighted by atomic mass is 10.1. The molecule has 0 aliphatic rings. The van der Waals surface area contributed by atoms with Gasteiger partial charge >= 0.3 is 5.97 Å². The molecule has 1 aromatic carbocycles. The monoisotopic (exact) mass is 257 g/mol. The molecule has 1 heterocycles. The van der Waals surface area contributed by atoms with Gasteiger partial charge in [-0.25, -0.2) is 14.8 Å². The largest absolute Gasteiger partial charge is 0.476 e. The van der Waals surface area contributed by atoms with Crippen LogP contribution < -0.4 is 5.32 Å². The second kappa shape index (κ2) is 5.48. The van der Waals surface area contributed by atoms with Gasteiger partial charge in [0.2, 0.25) is 0 Å². The van der Waals surface area contributed by atoms with Crippen LogP contribution in [0.5, 0.6) is 0 Å². The third-order valence-corrected chi connectivity index (χ3v) is 2.81. The van der Waals surface area contributed by atoms with Gasteiger partial charge in [-0.1, -0.05) is 29.8 Å². The van der Waals surface area contributed by atoms with Crippen molar-refractivity contribution >= 4 is 11.8 Å². The Labute approximate surface area is 111 Å². The first kappa shape index (κ1) is 13.0. The molecule has 0 radical (unpaired) electrons. The number of carbonyl (C=O) groups is 1. The van der Waals surface area contributed by atoms with Crippen LogP contribution in [0.4, 0.5) is 5.82 Å². The predicted molar refractivity (Wildman–Crippen MR) is 72.2 cm³/mol. The second-order valence-corrected chi connectivity index (χ2v) is 4.37. The Bertz CT molecular complexity index is 564. The number of nitrogens with one attached hydrogen (secondary N) is 1. The second-order valence-electron chi connectivity index (χ2n) is 4.37. The molecule has 19 heavy (non-hydrogen) atoms. The molecule has 98 valence electrons. The summed E-state index contributed by atoms with van der Waals surface area (Å²) in [4.78, 5) is 18.5. The summed E-state index contributed by atoms with van der Waals surface area (Å²) in [6.07, 6.45) is 2.67. The van der Waals surface area contributed by atoms with Crippen molar-refractivity contribution in [3.8, 4) is 0 Å². The molecule has 0 bridgehead atoms. The van der Waals surface area contributed by atoms with Crippen LogP contribution >= 0.6 is 0 Å². The number of benzene rings is 1. The molecule has 5 heteroatoms. The zero-order valence-corrected chi connectivity index (χ0v) is 10.8. The maximum Gasteiger partial charge on any atom is 0.356 e. The molecule has 1 atom stereocenters. The predicted octanol–water partition coefficient (Wildman–Crippen LogP) is 2.66. The Morgan fingerprint density at radius 2 is 1.89 bits per heavy atom. The number of aromatic nitrogens is 2. The number of aryl methyl sites for hydroxylation is 1. The van der Waals surface area contributed by atoms with Crippen molar-refractivity contribution in [3.05, 3.63) is 53.5 Å². The van der Waals surface area contributed by atoms with Gasteiger partial charge < -0.3 is 10.4 Å². The highest BCUT2D eigenvalue weighted by molar-refractivity contribution is 5.84. The lowest BCUT2D eigenvalue weighted by Gasteiger charge is -2.14. The van der Waals surface area contributed by atoms with Crippen LogP contribution in [-0.2, 0) is 0 Å². The van der Waals surface area contributed by atoms with Gasteiger partial charge in [0.15, 0.2) is 5.69 Å². The molecule has 0 spiro atoms. The lowest BCUT2D eigenvalue weighted by molar-refractivity contribution is 0.0690. The zero-order valence-electron chi connectivity index (χ0n) is 10.8. The summed E-state index contributed by atoms with van der Waals surface area (Å²) < 4.78 is 0. The van der Waals surface area contributed by atoms with Crippen LogP contribution in [0.1, 0.15) is 34.6 Å². The molecule has 0 fully saturated rings. The summed E-state index contributed by atoms with van der Waals surface area (Å²) >= 11 is 0. The minimum Gasteiger partial charge on any atom is -0.476 e. The molecule has 0 aliphatic heterocycles. The Morgan fingerprint density at radius 3 is 2.42 bits per heavy atom. The number of nitrogens with zero attached hydrogens (tertiary/aromatic N) is 2. The van der Waals surface area contributed by atoms with Crippen molar-refractivity contribution in [2.75, 3.05) is 5.32 Å². The fourth-order valence-electron chi connectivity index (χ4n) is 1.67. The van der Waals surface area contributed by atoms with Crippen molar-refractivity contribution in [2.24, 2.45) is 0 Å². The van der Waals surface area contributed by atoms with Gasteiger partial charge in [-0.3, -0.25) is 0 Å². The van der Waals surface area contributed by atoms with Crippen molar-refractivity contribution in [1.29, 1.82) is 0 Å². The van der Waals surface area contributed by atoms with E-state index in [2.05, 4.69) is 15.3 Å². The molecule has 0 saturated carbocycles. The Balaban J connectivity index is 2.08.